The Morgan fingerprint density at radius 3 is 1.44 bits per heavy atom. The molecule has 11 rings (SSSR count). The first-order chi connectivity index (χ1) is 29.0. The lowest BCUT2D eigenvalue weighted by Crippen LogP contribution is -2.50. The topological polar surface area (TPSA) is 25.8 Å². The first-order valence-electron chi connectivity index (χ1n) is 20.4. The molecule has 0 N–H and O–H groups in total. The average molecular weight is 769 g/mol. The predicted molar refractivity (Wildman–Crippen MR) is 252 cm³/mol. The molecule has 278 valence electrons. The van der Waals surface area contributed by atoms with Crippen molar-refractivity contribution in [2.75, 3.05) is 0 Å². The normalized spacial score (nSPS) is 12.7. The smallest absolute Gasteiger partial charge is 0.160 e. The van der Waals surface area contributed by atoms with Crippen molar-refractivity contribution >= 4 is 40.0 Å². The predicted octanol–water partition coefficient (Wildman–Crippen LogP) is 13.6. The van der Waals surface area contributed by atoms with Crippen LogP contribution in [0.1, 0.15) is 0 Å². The number of fused-ring (bicyclic) bond motifs is 6. The van der Waals surface area contributed by atoms with E-state index >= 15 is 0 Å². The number of benzene rings is 9. The Bertz CT molecular complexity index is 3180. The summed E-state index contributed by atoms with van der Waals surface area (Å²) in [5.74, 6) is 0.748. The number of aromatic nitrogens is 2. The summed E-state index contributed by atoms with van der Waals surface area (Å²) in [6.07, 6.45) is 0. The van der Waals surface area contributed by atoms with Crippen molar-refractivity contribution < 1.29 is 0 Å². The van der Waals surface area contributed by atoms with E-state index in [9.17, 15) is 0 Å². The molecule has 59 heavy (non-hydrogen) atoms. The van der Waals surface area contributed by atoms with Gasteiger partial charge >= 0.3 is 0 Å². The largest absolute Gasteiger partial charge is 0.228 e. The summed E-state index contributed by atoms with van der Waals surface area (Å²) in [4.78, 5) is 11.2. The van der Waals surface area contributed by atoms with E-state index < -0.39 is 8.07 Å². The molecule has 0 atom stereocenters. The molecule has 0 bridgehead atoms. The van der Waals surface area contributed by atoms with Crippen LogP contribution in [0, 0.1) is 0 Å². The molecule has 2 heterocycles. The summed E-state index contributed by atoms with van der Waals surface area (Å²) in [5.41, 5.74) is 15.0. The Hall–Kier alpha value is -7.20. The molecular weight excluding hydrogens is 729 g/mol. The van der Waals surface area contributed by atoms with Gasteiger partial charge in [0, 0.05) is 16.7 Å². The summed E-state index contributed by atoms with van der Waals surface area (Å²) in [5, 5.41) is 7.67. The van der Waals surface area contributed by atoms with Crippen LogP contribution >= 0.6 is 0 Å². The second-order valence-corrected chi connectivity index (χ2v) is 20.5. The summed E-state index contributed by atoms with van der Waals surface area (Å²) in [7, 11) is -2.22. The molecule has 0 saturated carbocycles. The summed E-state index contributed by atoms with van der Waals surface area (Å²) >= 11 is 0. The third-order valence-electron chi connectivity index (χ3n) is 12.2. The second-order valence-electron chi connectivity index (χ2n) is 16.2. The molecule has 1 aliphatic heterocycles. The molecule has 10 aromatic rings. The van der Waals surface area contributed by atoms with Crippen molar-refractivity contribution in [3.63, 3.8) is 0 Å². The number of nitrogens with zero attached hydrogens (tertiary/aromatic N) is 2. The lowest BCUT2D eigenvalue weighted by molar-refractivity contribution is 1.20. The first kappa shape index (κ1) is 35.0. The highest BCUT2D eigenvalue weighted by molar-refractivity contribution is 7.04. The molecule has 3 heteroatoms. The molecule has 0 aliphatic carbocycles. The maximum atomic E-state index is 5.59. The Labute approximate surface area is 346 Å². The third-order valence-corrected chi connectivity index (χ3v) is 15.7. The minimum atomic E-state index is -2.22. The van der Waals surface area contributed by atoms with E-state index in [0.717, 1.165) is 39.5 Å². The van der Waals surface area contributed by atoms with Crippen LogP contribution in [-0.2, 0) is 0 Å². The summed E-state index contributed by atoms with van der Waals surface area (Å²) in [6.45, 7) is 4.94. The maximum absolute atomic E-state index is 5.59. The number of rotatable bonds is 6. The van der Waals surface area contributed by atoms with Crippen LogP contribution in [0.25, 0.3) is 100.0 Å². The van der Waals surface area contributed by atoms with Gasteiger partial charge in [0.2, 0.25) is 0 Å². The zero-order chi connectivity index (χ0) is 39.5. The molecule has 0 unspecified atom stereocenters. The van der Waals surface area contributed by atoms with E-state index in [1.807, 2.05) is 0 Å². The fraction of sp³-hybridized carbons (Fsp3) is 0.0357. The van der Waals surface area contributed by atoms with Crippen LogP contribution in [-0.4, -0.2) is 18.0 Å². The highest BCUT2D eigenvalue weighted by Crippen LogP contribution is 2.40. The van der Waals surface area contributed by atoms with Crippen LogP contribution in [0.5, 0.6) is 0 Å². The van der Waals surface area contributed by atoms with Gasteiger partial charge in [-0.2, -0.15) is 0 Å². The van der Waals surface area contributed by atoms with Crippen LogP contribution in [0.4, 0.5) is 0 Å². The molecular formula is C56H40N2Si. The Kier molecular flexibility index (Phi) is 8.31. The minimum Gasteiger partial charge on any atom is -0.228 e. The number of hydrogen-bond donors (Lipinski definition) is 0. The lowest BCUT2D eigenvalue weighted by atomic mass is 9.92. The van der Waals surface area contributed by atoms with Crippen molar-refractivity contribution in [2.24, 2.45) is 0 Å². The SMILES string of the molecule is C[Si]1(C)c2ccc3ccccc3c2-c2nc(-c3cccc(-c4cccc(-c5cc(-c6ccccc6)cc(-c6ccccc6)c5)c4)c3)nc(-c3cccc4ccccc34)c21. The first-order valence-corrected chi connectivity index (χ1v) is 23.4. The second kappa shape index (κ2) is 14.0. The Balaban J connectivity index is 1.08. The van der Waals surface area contributed by atoms with Crippen molar-refractivity contribution in [1.82, 2.24) is 9.97 Å². The molecule has 0 radical (unpaired) electrons. The molecule has 0 saturated heterocycles. The zero-order valence-corrected chi connectivity index (χ0v) is 34.0. The van der Waals surface area contributed by atoms with E-state index in [1.165, 1.54) is 70.9 Å². The molecule has 0 spiro atoms. The van der Waals surface area contributed by atoms with Gasteiger partial charge in [-0.15, -0.1) is 0 Å². The van der Waals surface area contributed by atoms with Gasteiger partial charge in [0.25, 0.3) is 0 Å². The van der Waals surface area contributed by atoms with Crippen LogP contribution in [0.15, 0.2) is 206 Å². The average Bonchev–Trinajstić information content (AvgIpc) is 3.55. The lowest BCUT2D eigenvalue weighted by Gasteiger charge is -2.22. The molecule has 1 aromatic heterocycles. The van der Waals surface area contributed by atoms with Crippen molar-refractivity contribution in [2.45, 2.75) is 13.1 Å². The van der Waals surface area contributed by atoms with E-state index in [4.69, 9.17) is 9.97 Å². The van der Waals surface area contributed by atoms with Gasteiger partial charge in [-0.3, -0.25) is 0 Å². The fourth-order valence-electron chi connectivity index (χ4n) is 9.28. The molecule has 0 fully saturated rings. The highest BCUT2D eigenvalue weighted by Gasteiger charge is 2.43. The maximum Gasteiger partial charge on any atom is 0.160 e. The minimum absolute atomic E-state index is 0.748. The fourth-order valence-corrected chi connectivity index (χ4v) is 12.5. The molecule has 9 aromatic carbocycles. The summed E-state index contributed by atoms with van der Waals surface area (Å²) < 4.78 is 0. The molecule has 0 amide bonds. The van der Waals surface area contributed by atoms with Crippen molar-refractivity contribution in [3.8, 4) is 78.4 Å². The van der Waals surface area contributed by atoms with Crippen LogP contribution in [0.3, 0.4) is 0 Å². The van der Waals surface area contributed by atoms with Crippen LogP contribution in [0.2, 0.25) is 13.1 Å². The molecule has 1 aliphatic rings. The van der Waals surface area contributed by atoms with Gasteiger partial charge in [0.05, 0.1) is 11.4 Å². The molecule has 2 nitrogen and oxygen atoms in total. The van der Waals surface area contributed by atoms with E-state index in [2.05, 4.69) is 219 Å². The van der Waals surface area contributed by atoms with Gasteiger partial charge < -0.3 is 0 Å². The van der Waals surface area contributed by atoms with Gasteiger partial charge in [-0.05, 0) is 107 Å². The van der Waals surface area contributed by atoms with Crippen molar-refractivity contribution in [1.29, 1.82) is 0 Å². The highest BCUT2D eigenvalue weighted by atomic mass is 28.3. The van der Waals surface area contributed by atoms with Crippen LogP contribution < -0.4 is 10.4 Å². The van der Waals surface area contributed by atoms with E-state index in [0.29, 0.717) is 0 Å². The van der Waals surface area contributed by atoms with Crippen molar-refractivity contribution in [3.05, 3.63) is 206 Å². The summed E-state index contributed by atoms with van der Waals surface area (Å²) in [6, 6.07) is 74.7. The quantitative estimate of drug-likeness (QED) is 0.157. The monoisotopic (exact) mass is 768 g/mol. The van der Waals surface area contributed by atoms with Gasteiger partial charge in [-0.25, -0.2) is 9.97 Å². The zero-order valence-electron chi connectivity index (χ0n) is 33.0. The standard InChI is InChI=1S/C56H40N2Si/c1-59(2)51-31-30-40-21-10-12-28-49(40)52(51)54-55(59)53(50-29-15-22-39-20-9-11-27-48(39)50)57-56(58-54)44-26-14-24-42(33-44)41-23-13-25-43(32-41)47-35-45(37-16-5-3-6-17-37)34-46(36-47)38-18-7-4-8-19-38/h3-36H,1-2H3. The Morgan fingerprint density at radius 2 is 0.780 bits per heavy atom. The van der Waals surface area contributed by atoms with Gasteiger partial charge in [0.15, 0.2) is 5.82 Å². The van der Waals surface area contributed by atoms with Gasteiger partial charge in [-0.1, -0.05) is 189 Å². The van der Waals surface area contributed by atoms with E-state index in [-0.39, 0.29) is 0 Å². The van der Waals surface area contributed by atoms with E-state index in [1.54, 1.807) is 0 Å². The number of hydrogen-bond acceptors (Lipinski definition) is 2. The third kappa shape index (κ3) is 6.02. The van der Waals surface area contributed by atoms with Gasteiger partial charge in [0.1, 0.15) is 8.07 Å². The Morgan fingerprint density at radius 1 is 0.339 bits per heavy atom.